The maximum atomic E-state index is 11.0. The van der Waals surface area contributed by atoms with Crippen molar-refractivity contribution in [3.05, 3.63) is 76.2 Å². The molecule has 4 N–H and O–H groups in total. The largest absolute Gasteiger partial charge is 0.326 e. The highest BCUT2D eigenvalue weighted by molar-refractivity contribution is 6.09. The molecule has 1 atom stereocenters. The Balaban J connectivity index is 1.95. The Hall–Kier alpha value is -3.10. The summed E-state index contributed by atoms with van der Waals surface area (Å²) in [5, 5.41) is 11.0. The number of nitro benzene ring substituents is 1. The van der Waals surface area contributed by atoms with Crippen molar-refractivity contribution in [2.24, 2.45) is 16.5 Å². The molecule has 1 aromatic heterocycles. The summed E-state index contributed by atoms with van der Waals surface area (Å²) in [5.74, 6) is 0. The second-order valence-corrected chi connectivity index (χ2v) is 5.17. The lowest BCUT2D eigenvalue weighted by Gasteiger charge is -2.29. The van der Waals surface area contributed by atoms with Gasteiger partial charge in [-0.25, -0.2) is 4.99 Å². The highest BCUT2D eigenvalue weighted by Gasteiger charge is 2.21. The lowest BCUT2D eigenvalue weighted by Crippen LogP contribution is -2.40. The van der Waals surface area contributed by atoms with E-state index in [9.17, 15) is 10.1 Å². The number of nitro groups is 1. The van der Waals surface area contributed by atoms with Crippen LogP contribution in [0.4, 0.5) is 11.4 Å². The normalized spacial score (nSPS) is 16.8. The molecular weight excluding hydrogens is 308 g/mol. The average Bonchev–Trinajstić information content (AvgIpc) is 2.61. The SMILES string of the molecule is NCc1ccc([N+](=O)[O-])cc1N1C=CC(c2cccnc2)=NC1N. The highest BCUT2D eigenvalue weighted by atomic mass is 16.6. The number of nitrogens with zero attached hydrogens (tertiary/aromatic N) is 4. The van der Waals surface area contributed by atoms with Crippen molar-refractivity contribution in [2.75, 3.05) is 4.90 Å². The summed E-state index contributed by atoms with van der Waals surface area (Å²) in [7, 11) is 0. The van der Waals surface area contributed by atoms with E-state index in [0.29, 0.717) is 11.4 Å². The van der Waals surface area contributed by atoms with Gasteiger partial charge < -0.3 is 10.6 Å². The molecule has 1 unspecified atom stereocenters. The smallest absolute Gasteiger partial charge is 0.271 e. The van der Waals surface area contributed by atoms with Crippen molar-refractivity contribution in [3.8, 4) is 0 Å². The Morgan fingerprint density at radius 3 is 2.79 bits per heavy atom. The van der Waals surface area contributed by atoms with E-state index in [-0.39, 0.29) is 12.2 Å². The fourth-order valence-corrected chi connectivity index (χ4v) is 2.47. The third-order valence-electron chi connectivity index (χ3n) is 3.68. The van der Waals surface area contributed by atoms with Crippen LogP contribution in [0.5, 0.6) is 0 Å². The number of nitrogens with two attached hydrogens (primary N) is 2. The van der Waals surface area contributed by atoms with E-state index >= 15 is 0 Å². The summed E-state index contributed by atoms with van der Waals surface area (Å²) < 4.78 is 0. The fourth-order valence-electron chi connectivity index (χ4n) is 2.47. The minimum Gasteiger partial charge on any atom is -0.326 e. The van der Waals surface area contributed by atoms with Gasteiger partial charge >= 0.3 is 0 Å². The number of non-ortho nitro benzene ring substituents is 1. The van der Waals surface area contributed by atoms with Crippen LogP contribution in [0.25, 0.3) is 0 Å². The van der Waals surface area contributed by atoms with E-state index in [1.807, 2.05) is 12.1 Å². The first-order valence-electron chi connectivity index (χ1n) is 7.28. The molecule has 1 aliphatic rings. The first-order valence-corrected chi connectivity index (χ1v) is 7.28. The van der Waals surface area contributed by atoms with Gasteiger partial charge in [-0.2, -0.15) is 0 Å². The Bertz CT molecular complexity index is 819. The molecule has 0 bridgehead atoms. The summed E-state index contributed by atoms with van der Waals surface area (Å²) in [6.07, 6.45) is 6.21. The fraction of sp³-hybridized carbons (Fsp3) is 0.125. The second kappa shape index (κ2) is 6.57. The first kappa shape index (κ1) is 15.8. The van der Waals surface area contributed by atoms with Crippen molar-refractivity contribution >= 4 is 17.1 Å². The molecule has 0 saturated heterocycles. The van der Waals surface area contributed by atoms with Crippen LogP contribution in [0.15, 0.2) is 60.0 Å². The molecule has 0 fully saturated rings. The second-order valence-electron chi connectivity index (χ2n) is 5.17. The standard InChI is InChI=1S/C16H16N6O2/c17-9-11-3-4-13(22(23)24)8-15(11)21-7-5-14(20-16(21)18)12-2-1-6-19-10-12/h1-8,10,16H,9,17-18H2. The molecule has 122 valence electrons. The van der Waals surface area contributed by atoms with E-state index < -0.39 is 11.2 Å². The number of aliphatic imine (C=N–C) groups is 1. The van der Waals surface area contributed by atoms with Crippen LogP contribution < -0.4 is 16.4 Å². The van der Waals surface area contributed by atoms with Gasteiger partial charge in [-0.05, 0) is 29.8 Å². The summed E-state index contributed by atoms with van der Waals surface area (Å²) >= 11 is 0. The Morgan fingerprint density at radius 2 is 2.17 bits per heavy atom. The maximum absolute atomic E-state index is 11.0. The number of anilines is 1. The molecule has 8 heteroatoms. The van der Waals surface area contributed by atoms with E-state index in [0.717, 1.165) is 11.1 Å². The van der Waals surface area contributed by atoms with Crippen molar-refractivity contribution in [1.82, 2.24) is 4.98 Å². The zero-order valence-electron chi connectivity index (χ0n) is 12.7. The molecule has 0 radical (unpaired) electrons. The minimum absolute atomic E-state index is 0.0233. The molecule has 0 spiro atoms. The van der Waals surface area contributed by atoms with Gasteiger partial charge in [-0.3, -0.25) is 20.8 Å². The van der Waals surface area contributed by atoms with Gasteiger partial charge in [0.2, 0.25) is 0 Å². The molecule has 0 amide bonds. The van der Waals surface area contributed by atoms with Crippen LogP contribution in [0.1, 0.15) is 11.1 Å². The van der Waals surface area contributed by atoms with Crippen molar-refractivity contribution in [3.63, 3.8) is 0 Å². The summed E-state index contributed by atoms with van der Waals surface area (Å²) in [4.78, 5) is 20.7. The summed E-state index contributed by atoms with van der Waals surface area (Å²) in [6, 6.07) is 8.22. The number of aromatic nitrogens is 1. The topological polar surface area (TPSA) is 124 Å². The molecule has 24 heavy (non-hydrogen) atoms. The number of rotatable bonds is 4. The predicted octanol–water partition coefficient (Wildman–Crippen LogP) is 1.51. The highest BCUT2D eigenvalue weighted by Crippen LogP contribution is 2.28. The summed E-state index contributed by atoms with van der Waals surface area (Å²) in [6.45, 7) is 0.240. The number of hydrogen-bond acceptors (Lipinski definition) is 7. The molecule has 2 aromatic rings. The van der Waals surface area contributed by atoms with Gasteiger partial charge in [0, 0.05) is 42.8 Å². The van der Waals surface area contributed by atoms with Crippen LogP contribution in [-0.4, -0.2) is 21.9 Å². The van der Waals surface area contributed by atoms with Gasteiger partial charge in [0.05, 0.1) is 16.3 Å². The Morgan fingerprint density at radius 1 is 1.33 bits per heavy atom. The van der Waals surface area contributed by atoms with Crippen LogP contribution in [0.2, 0.25) is 0 Å². The predicted molar refractivity (Wildman–Crippen MR) is 91.4 cm³/mol. The van der Waals surface area contributed by atoms with E-state index in [1.54, 1.807) is 35.6 Å². The number of allylic oxidation sites excluding steroid dienone is 1. The Labute approximate surface area is 138 Å². The van der Waals surface area contributed by atoms with Gasteiger partial charge in [0.25, 0.3) is 5.69 Å². The van der Waals surface area contributed by atoms with Crippen LogP contribution >= 0.6 is 0 Å². The maximum Gasteiger partial charge on any atom is 0.271 e. The van der Waals surface area contributed by atoms with Crippen molar-refractivity contribution in [1.29, 1.82) is 0 Å². The minimum atomic E-state index is -0.711. The molecule has 3 rings (SSSR count). The third kappa shape index (κ3) is 3.00. The first-order chi connectivity index (χ1) is 11.6. The molecule has 2 heterocycles. The molecule has 1 aliphatic heterocycles. The third-order valence-corrected chi connectivity index (χ3v) is 3.68. The molecule has 1 aromatic carbocycles. The van der Waals surface area contributed by atoms with Gasteiger partial charge in [0.15, 0.2) is 6.29 Å². The van der Waals surface area contributed by atoms with Crippen LogP contribution in [0, 0.1) is 10.1 Å². The van der Waals surface area contributed by atoms with E-state index in [1.165, 1.54) is 12.1 Å². The number of hydrogen-bond donors (Lipinski definition) is 2. The van der Waals surface area contributed by atoms with Crippen LogP contribution in [0.3, 0.4) is 0 Å². The zero-order valence-corrected chi connectivity index (χ0v) is 12.7. The van der Waals surface area contributed by atoms with Gasteiger partial charge in [-0.1, -0.05) is 0 Å². The van der Waals surface area contributed by atoms with E-state index in [4.69, 9.17) is 11.5 Å². The van der Waals surface area contributed by atoms with Crippen molar-refractivity contribution < 1.29 is 4.92 Å². The van der Waals surface area contributed by atoms with Gasteiger partial charge in [-0.15, -0.1) is 0 Å². The average molecular weight is 324 g/mol. The molecule has 0 aliphatic carbocycles. The Kier molecular flexibility index (Phi) is 4.32. The lowest BCUT2D eigenvalue weighted by molar-refractivity contribution is -0.384. The monoisotopic (exact) mass is 324 g/mol. The van der Waals surface area contributed by atoms with Crippen molar-refractivity contribution in [2.45, 2.75) is 12.8 Å². The van der Waals surface area contributed by atoms with Crippen LogP contribution in [-0.2, 0) is 6.54 Å². The van der Waals surface area contributed by atoms with Gasteiger partial charge in [0.1, 0.15) is 0 Å². The molecule has 8 nitrogen and oxygen atoms in total. The summed E-state index contributed by atoms with van der Waals surface area (Å²) in [5.41, 5.74) is 14.7. The van der Waals surface area contributed by atoms with E-state index in [2.05, 4.69) is 9.98 Å². The molecular formula is C16H16N6O2. The number of benzene rings is 1. The lowest BCUT2D eigenvalue weighted by atomic mass is 10.1. The molecule has 0 saturated carbocycles. The quantitative estimate of drug-likeness (QED) is 0.649. The number of pyridine rings is 1. The zero-order chi connectivity index (χ0) is 17.1.